The molecule has 0 fully saturated rings. The van der Waals surface area contributed by atoms with E-state index in [0.717, 1.165) is 4.31 Å². The Morgan fingerprint density at radius 2 is 2.00 bits per heavy atom. The number of sulfonamides is 1. The molecule has 0 saturated carbocycles. The molecule has 1 rings (SSSR count). The third-order valence-corrected chi connectivity index (χ3v) is 4.69. The van der Waals surface area contributed by atoms with Crippen LogP contribution in [-0.4, -0.2) is 46.0 Å². The summed E-state index contributed by atoms with van der Waals surface area (Å²) in [5.74, 6) is -0.225. The summed E-state index contributed by atoms with van der Waals surface area (Å²) in [6.07, 6.45) is 0.571. The molecule has 118 valence electrons. The molecule has 8 heteroatoms. The Labute approximate surface area is 124 Å². The summed E-state index contributed by atoms with van der Waals surface area (Å²) in [5, 5.41) is 0. The van der Waals surface area contributed by atoms with Gasteiger partial charge in [0.2, 0.25) is 10.0 Å². The van der Waals surface area contributed by atoms with Crippen LogP contribution in [0.15, 0.2) is 23.1 Å². The van der Waals surface area contributed by atoms with Crippen LogP contribution in [0.5, 0.6) is 5.75 Å². The van der Waals surface area contributed by atoms with Gasteiger partial charge < -0.3 is 15.2 Å². The molecule has 2 N–H and O–H groups in total. The van der Waals surface area contributed by atoms with E-state index in [9.17, 15) is 13.2 Å². The van der Waals surface area contributed by atoms with E-state index in [4.69, 9.17) is 10.5 Å². The Morgan fingerprint density at radius 1 is 1.33 bits per heavy atom. The molecule has 0 heterocycles. The second kappa shape index (κ2) is 7.28. The number of hydrogen-bond donors (Lipinski definition) is 1. The fourth-order valence-corrected chi connectivity index (χ4v) is 3.28. The van der Waals surface area contributed by atoms with Gasteiger partial charge in [0.1, 0.15) is 12.3 Å². The van der Waals surface area contributed by atoms with Crippen molar-refractivity contribution < 1.29 is 22.7 Å². The first kappa shape index (κ1) is 17.3. The molecule has 0 atom stereocenters. The molecule has 0 aliphatic rings. The van der Waals surface area contributed by atoms with Crippen molar-refractivity contribution in [2.45, 2.75) is 18.2 Å². The van der Waals surface area contributed by atoms with Crippen LogP contribution in [0.3, 0.4) is 0 Å². The number of esters is 1. The molecule has 21 heavy (non-hydrogen) atoms. The molecule has 0 unspecified atom stereocenters. The summed E-state index contributed by atoms with van der Waals surface area (Å²) in [7, 11) is -1.16. The maximum atomic E-state index is 12.5. The summed E-state index contributed by atoms with van der Waals surface area (Å²) in [6.45, 7) is 1.70. The standard InChI is InChI=1S/C13H20N2O5S/c1-4-7-15(9-13(16)20-3)21(17,18)10-5-6-12(19-2)11(14)8-10/h5-6,8H,4,7,9,14H2,1-3H3. The fourth-order valence-electron chi connectivity index (χ4n) is 1.76. The monoisotopic (exact) mass is 316 g/mol. The highest BCUT2D eigenvalue weighted by Gasteiger charge is 2.26. The molecule has 0 aliphatic carbocycles. The van der Waals surface area contributed by atoms with Gasteiger partial charge in [-0.05, 0) is 24.6 Å². The van der Waals surface area contributed by atoms with Crippen molar-refractivity contribution in [2.24, 2.45) is 0 Å². The van der Waals surface area contributed by atoms with E-state index in [-0.39, 0.29) is 23.7 Å². The van der Waals surface area contributed by atoms with E-state index < -0.39 is 16.0 Å². The predicted molar refractivity (Wildman–Crippen MR) is 78.5 cm³/mol. The molecule has 0 spiro atoms. The lowest BCUT2D eigenvalue weighted by molar-refractivity contribution is -0.140. The smallest absolute Gasteiger partial charge is 0.321 e. The van der Waals surface area contributed by atoms with Gasteiger partial charge >= 0.3 is 5.97 Å². The van der Waals surface area contributed by atoms with Gasteiger partial charge in [-0.25, -0.2) is 8.42 Å². The normalized spacial score (nSPS) is 11.4. The third kappa shape index (κ3) is 4.08. The molecule has 0 aliphatic heterocycles. The van der Waals surface area contributed by atoms with Crippen LogP contribution in [0, 0.1) is 0 Å². The molecule has 0 radical (unpaired) electrons. The van der Waals surface area contributed by atoms with E-state index in [1.165, 1.54) is 32.4 Å². The van der Waals surface area contributed by atoms with Gasteiger partial charge in [0.25, 0.3) is 0 Å². The maximum Gasteiger partial charge on any atom is 0.321 e. The molecule has 7 nitrogen and oxygen atoms in total. The highest BCUT2D eigenvalue weighted by atomic mass is 32.2. The molecule has 1 aromatic carbocycles. The van der Waals surface area contributed by atoms with Gasteiger partial charge in [-0.2, -0.15) is 4.31 Å². The Kier molecular flexibility index (Phi) is 5.98. The van der Waals surface area contributed by atoms with Gasteiger partial charge in [-0.15, -0.1) is 0 Å². The molecule has 0 bridgehead atoms. The highest BCUT2D eigenvalue weighted by Crippen LogP contribution is 2.26. The number of benzene rings is 1. The van der Waals surface area contributed by atoms with Gasteiger partial charge in [0.15, 0.2) is 0 Å². The number of nitrogens with two attached hydrogens (primary N) is 1. The minimum Gasteiger partial charge on any atom is -0.495 e. The average Bonchev–Trinajstić information content (AvgIpc) is 2.46. The van der Waals surface area contributed by atoms with Crippen molar-refractivity contribution in [1.29, 1.82) is 0 Å². The number of carbonyl (C=O) groups is 1. The van der Waals surface area contributed by atoms with Gasteiger partial charge in [0.05, 0.1) is 24.8 Å². The van der Waals surface area contributed by atoms with Crippen molar-refractivity contribution in [3.05, 3.63) is 18.2 Å². The molecule has 0 saturated heterocycles. The van der Waals surface area contributed by atoms with Crippen LogP contribution in [-0.2, 0) is 19.6 Å². The Bertz CT molecular complexity index is 601. The summed E-state index contributed by atoms with van der Waals surface area (Å²) < 4.78 is 35.7. The van der Waals surface area contributed by atoms with Crippen LogP contribution in [0.25, 0.3) is 0 Å². The van der Waals surface area contributed by atoms with E-state index in [1.807, 2.05) is 6.92 Å². The summed E-state index contributed by atoms with van der Waals surface area (Å²) in [4.78, 5) is 11.4. The fraction of sp³-hybridized carbons (Fsp3) is 0.462. The topological polar surface area (TPSA) is 98.9 Å². The zero-order valence-corrected chi connectivity index (χ0v) is 13.1. The van der Waals surface area contributed by atoms with Crippen molar-refractivity contribution in [3.8, 4) is 5.75 Å². The van der Waals surface area contributed by atoms with Crippen LogP contribution < -0.4 is 10.5 Å². The minimum atomic E-state index is -3.82. The number of rotatable bonds is 7. The van der Waals surface area contributed by atoms with Crippen LogP contribution in [0.1, 0.15) is 13.3 Å². The zero-order valence-electron chi connectivity index (χ0n) is 12.3. The van der Waals surface area contributed by atoms with Crippen LogP contribution >= 0.6 is 0 Å². The molecule has 1 aromatic rings. The first-order valence-corrected chi connectivity index (χ1v) is 7.81. The molecule has 0 aromatic heterocycles. The molecular weight excluding hydrogens is 296 g/mol. The largest absolute Gasteiger partial charge is 0.495 e. The van der Waals surface area contributed by atoms with E-state index in [2.05, 4.69) is 4.74 Å². The number of methoxy groups -OCH3 is 2. The number of anilines is 1. The lowest BCUT2D eigenvalue weighted by atomic mass is 10.3. The number of nitrogens with zero attached hydrogens (tertiary/aromatic N) is 1. The Balaban J connectivity index is 3.16. The van der Waals surface area contributed by atoms with Crippen LogP contribution in [0.2, 0.25) is 0 Å². The lowest BCUT2D eigenvalue weighted by Gasteiger charge is -2.20. The summed E-state index contributed by atoms with van der Waals surface area (Å²) >= 11 is 0. The third-order valence-electron chi connectivity index (χ3n) is 2.85. The van der Waals surface area contributed by atoms with E-state index >= 15 is 0 Å². The SMILES string of the molecule is CCCN(CC(=O)OC)S(=O)(=O)c1ccc(OC)c(N)c1. The first-order chi connectivity index (χ1) is 9.86. The van der Waals surface area contributed by atoms with Gasteiger partial charge in [0, 0.05) is 6.54 Å². The number of nitrogen functional groups attached to an aromatic ring is 1. The zero-order chi connectivity index (χ0) is 16.0. The van der Waals surface area contributed by atoms with Crippen molar-refractivity contribution >= 4 is 21.7 Å². The second-order valence-corrected chi connectivity index (χ2v) is 6.26. The van der Waals surface area contributed by atoms with Crippen molar-refractivity contribution in [2.75, 3.05) is 33.0 Å². The van der Waals surface area contributed by atoms with Gasteiger partial charge in [-0.3, -0.25) is 4.79 Å². The van der Waals surface area contributed by atoms with Gasteiger partial charge in [-0.1, -0.05) is 6.92 Å². The predicted octanol–water partition coefficient (Wildman–Crippen LogP) is 0.851. The quantitative estimate of drug-likeness (QED) is 0.591. The highest BCUT2D eigenvalue weighted by molar-refractivity contribution is 7.89. The first-order valence-electron chi connectivity index (χ1n) is 6.37. The number of ether oxygens (including phenoxy) is 2. The van der Waals surface area contributed by atoms with Crippen LogP contribution in [0.4, 0.5) is 5.69 Å². The second-order valence-electron chi connectivity index (χ2n) is 4.32. The number of hydrogen-bond acceptors (Lipinski definition) is 6. The Hall–Kier alpha value is -1.80. The average molecular weight is 316 g/mol. The van der Waals surface area contributed by atoms with Crippen molar-refractivity contribution in [1.82, 2.24) is 4.31 Å². The lowest BCUT2D eigenvalue weighted by Crippen LogP contribution is -2.36. The van der Waals surface area contributed by atoms with E-state index in [0.29, 0.717) is 12.2 Å². The summed E-state index contributed by atoms with van der Waals surface area (Å²) in [6, 6.07) is 4.18. The van der Waals surface area contributed by atoms with Crippen molar-refractivity contribution in [3.63, 3.8) is 0 Å². The maximum absolute atomic E-state index is 12.5. The summed E-state index contributed by atoms with van der Waals surface area (Å²) in [5.41, 5.74) is 5.95. The number of carbonyl (C=O) groups excluding carboxylic acids is 1. The van der Waals surface area contributed by atoms with E-state index in [1.54, 1.807) is 0 Å². The Morgan fingerprint density at radius 3 is 2.48 bits per heavy atom. The molecule has 0 amide bonds. The molecular formula is C13H20N2O5S. The minimum absolute atomic E-state index is 0.0122.